The minimum atomic E-state index is -1.12. The minimum absolute atomic E-state index is 0.0127. The third-order valence-electron chi connectivity index (χ3n) is 3.63. The highest BCUT2D eigenvalue weighted by Crippen LogP contribution is 2.28. The third kappa shape index (κ3) is 2.23. The Morgan fingerprint density at radius 3 is 2.62 bits per heavy atom. The molecule has 0 aromatic heterocycles. The molecule has 0 atom stereocenters. The van der Waals surface area contributed by atoms with Gasteiger partial charge in [-0.15, -0.1) is 0 Å². The second-order valence-corrected chi connectivity index (χ2v) is 4.93. The second-order valence-electron chi connectivity index (χ2n) is 4.93. The quantitative estimate of drug-likeness (QED) is 0.905. The number of hydrogen-bond acceptors (Lipinski definition) is 3. The van der Waals surface area contributed by atoms with Crippen molar-refractivity contribution in [3.8, 4) is 5.75 Å². The molecule has 2 N–H and O–H groups in total. The Morgan fingerprint density at radius 2 is 1.90 bits per heavy atom. The summed E-state index contributed by atoms with van der Waals surface area (Å²) in [7, 11) is 0. The Hall–Kier alpha value is -2.82. The number of amides is 1. The van der Waals surface area contributed by atoms with Gasteiger partial charge in [0.1, 0.15) is 5.75 Å². The van der Waals surface area contributed by atoms with Crippen molar-refractivity contribution >= 4 is 11.9 Å². The molecule has 1 amide bonds. The number of carboxylic acid groups (broad SMARTS) is 1. The number of carbonyl (C=O) groups is 2. The summed E-state index contributed by atoms with van der Waals surface area (Å²) in [6.07, 6.45) is 0. The Morgan fingerprint density at radius 1 is 1.14 bits per heavy atom. The van der Waals surface area contributed by atoms with Crippen molar-refractivity contribution in [1.82, 2.24) is 4.90 Å². The van der Waals surface area contributed by atoms with E-state index in [1.165, 1.54) is 23.1 Å². The van der Waals surface area contributed by atoms with Gasteiger partial charge in [0, 0.05) is 17.7 Å². The zero-order valence-electron chi connectivity index (χ0n) is 11.1. The van der Waals surface area contributed by atoms with Crippen molar-refractivity contribution in [2.24, 2.45) is 0 Å². The number of rotatable bonds is 3. The average Bonchev–Trinajstić information content (AvgIpc) is 2.78. The molecule has 1 aliphatic heterocycles. The van der Waals surface area contributed by atoms with Crippen LogP contribution >= 0.6 is 0 Å². The maximum absolute atomic E-state index is 12.3. The largest absolute Gasteiger partial charge is 0.508 e. The first-order chi connectivity index (χ1) is 10.1. The van der Waals surface area contributed by atoms with E-state index in [1.54, 1.807) is 12.1 Å². The van der Waals surface area contributed by atoms with Gasteiger partial charge in [0.15, 0.2) is 0 Å². The van der Waals surface area contributed by atoms with Crippen molar-refractivity contribution in [2.45, 2.75) is 13.1 Å². The molecule has 0 radical (unpaired) electrons. The molecule has 1 aliphatic rings. The maximum atomic E-state index is 12.3. The van der Waals surface area contributed by atoms with E-state index in [1.807, 2.05) is 12.1 Å². The van der Waals surface area contributed by atoms with Crippen molar-refractivity contribution in [2.75, 3.05) is 0 Å². The molecule has 0 spiro atoms. The standard InChI is InChI=1S/C16H13NO4/c18-14-7-3-6-12(16(20)21)13(14)9-17-8-10-4-1-2-5-11(10)15(17)19/h1-7,18H,8-9H2,(H,20,21). The average molecular weight is 283 g/mol. The van der Waals surface area contributed by atoms with E-state index in [2.05, 4.69) is 0 Å². The number of benzene rings is 2. The lowest BCUT2D eigenvalue weighted by atomic mass is 10.1. The summed E-state index contributed by atoms with van der Waals surface area (Å²) in [5, 5.41) is 19.1. The van der Waals surface area contributed by atoms with E-state index < -0.39 is 5.97 Å². The molecular weight excluding hydrogens is 270 g/mol. The first-order valence-corrected chi connectivity index (χ1v) is 6.49. The SMILES string of the molecule is O=C(O)c1cccc(O)c1CN1Cc2ccccc2C1=O. The molecule has 0 aliphatic carbocycles. The van der Waals surface area contributed by atoms with Crippen LogP contribution in [0.1, 0.15) is 31.8 Å². The van der Waals surface area contributed by atoms with Crippen molar-refractivity contribution in [3.05, 3.63) is 64.7 Å². The molecular formula is C16H13NO4. The lowest BCUT2D eigenvalue weighted by molar-refractivity contribution is 0.0685. The molecule has 21 heavy (non-hydrogen) atoms. The molecule has 2 aromatic rings. The number of hydrogen-bond donors (Lipinski definition) is 2. The summed E-state index contributed by atoms with van der Waals surface area (Å²) < 4.78 is 0. The molecule has 5 heteroatoms. The summed E-state index contributed by atoms with van der Waals surface area (Å²) in [5.74, 6) is -1.38. The van der Waals surface area contributed by atoms with Gasteiger partial charge in [-0.3, -0.25) is 4.79 Å². The molecule has 5 nitrogen and oxygen atoms in total. The van der Waals surface area contributed by atoms with Gasteiger partial charge in [-0.25, -0.2) is 4.79 Å². The molecule has 1 heterocycles. The van der Waals surface area contributed by atoms with E-state index >= 15 is 0 Å². The number of nitrogens with zero attached hydrogens (tertiary/aromatic N) is 1. The topological polar surface area (TPSA) is 77.8 Å². The predicted octanol–water partition coefficient (Wildman–Crippen LogP) is 2.25. The van der Waals surface area contributed by atoms with Crippen LogP contribution in [-0.2, 0) is 13.1 Å². The number of carbonyl (C=O) groups excluding carboxylic acids is 1. The molecule has 106 valence electrons. The van der Waals surface area contributed by atoms with Crippen LogP contribution in [0.25, 0.3) is 0 Å². The van der Waals surface area contributed by atoms with Crippen LogP contribution in [0, 0.1) is 0 Å². The van der Waals surface area contributed by atoms with Gasteiger partial charge in [-0.2, -0.15) is 0 Å². The van der Waals surface area contributed by atoms with Crippen molar-refractivity contribution in [3.63, 3.8) is 0 Å². The van der Waals surface area contributed by atoms with Crippen LogP contribution in [-0.4, -0.2) is 27.0 Å². The first-order valence-electron chi connectivity index (χ1n) is 6.49. The molecule has 0 saturated heterocycles. The van der Waals surface area contributed by atoms with Gasteiger partial charge in [0.05, 0.1) is 12.1 Å². The van der Waals surface area contributed by atoms with Gasteiger partial charge in [-0.1, -0.05) is 24.3 Å². The monoisotopic (exact) mass is 283 g/mol. The van der Waals surface area contributed by atoms with E-state index in [0.29, 0.717) is 12.1 Å². The van der Waals surface area contributed by atoms with E-state index in [-0.39, 0.29) is 29.3 Å². The fraction of sp³-hybridized carbons (Fsp3) is 0.125. The predicted molar refractivity (Wildman–Crippen MR) is 75.1 cm³/mol. The van der Waals surface area contributed by atoms with Crippen LogP contribution in [0.3, 0.4) is 0 Å². The number of fused-ring (bicyclic) bond motifs is 1. The van der Waals surface area contributed by atoms with Crippen LogP contribution in [0.2, 0.25) is 0 Å². The Bertz CT molecular complexity index is 739. The van der Waals surface area contributed by atoms with Crippen LogP contribution < -0.4 is 0 Å². The molecule has 0 unspecified atom stereocenters. The lowest BCUT2D eigenvalue weighted by Crippen LogP contribution is -2.24. The lowest BCUT2D eigenvalue weighted by Gasteiger charge is -2.18. The number of phenols is 1. The molecule has 0 saturated carbocycles. The van der Waals surface area contributed by atoms with Gasteiger partial charge < -0.3 is 15.1 Å². The Balaban J connectivity index is 1.93. The van der Waals surface area contributed by atoms with E-state index in [9.17, 15) is 19.8 Å². The number of aromatic hydroxyl groups is 1. The number of aromatic carboxylic acids is 1. The summed E-state index contributed by atoms with van der Waals surface area (Å²) >= 11 is 0. The minimum Gasteiger partial charge on any atom is -0.508 e. The highest BCUT2D eigenvalue weighted by molar-refractivity contribution is 5.98. The van der Waals surface area contributed by atoms with E-state index in [4.69, 9.17) is 0 Å². The molecule has 3 rings (SSSR count). The van der Waals surface area contributed by atoms with Crippen molar-refractivity contribution < 1.29 is 19.8 Å². The van der Waals surface area contributed by atoms with E-state index in [0.717, 1.165) is 5.56 Å². The second kappa shape index (κ2) is 4.94. The zero-order valence-corrected chi connectivity index (χ0v) is 11.1. The molecule has 0 fully saturated rings. The Labute approximate surface area is 121 Å². The molecule has 2 aromatic carbocycles. The highest BCUT2D eigenvalue weighted by atomic mass is 16.4. The van der Waals surface area contributed by atoms with Gasteiger partial charge in [0.2, 0.25) is 0 Å². The summed E-state index contributed by atoms with van der Waals surface area (Å²) in [5.41, 5.74) is 1.81. The highest BCUT2D eigenvalue weighted by Gasteiger charge is 2.28. The Kier molecular flexibility index (Phi) is 3.10. The number of carboxylic acids is 1. The zero-order chi connectivity index (χ0) is 15.0. The van der Waals surface area contributed by atoms with Gasteiger partial charge >= 0.3 is 5.97 Å². The summed E-state index contributed by atoms with van der Waals surface area (Å²) in [4.78, 5) is 25.1. The summed E-state index contributed by atoms with van der Waals surface area (Å²) in [6.45, 7) is 0.490. The first kappa shape index (κ1) is 13.2. The normalized spacial score (nSPS) is 13.3. The van der Waals surface area contributed by atoms with Gasteiger partial charge in [0.25, 0.3) is 5.91 Å². The van der Waals surface area contributed by atoms with Crippen LogP contribution in [0.5, 0.6) is 5.75 Å². The third-order valence-corrected chi connectivity index (χ3v) is 3.63. The molecule has 0 bridgehead atoms. The maximum Gasteiger partial charge on any atom is 0.336 e. The fourth-order valence-electron chi connectivity index (χ4n) is 2.57. The van der Waals surface area contributed by atoms with Crippen LogP contribution in [0.15, 0.2) is 42.5 Å². The number of phenolic OH excluding ortho intramolecular Hbond substituents is 1. The fourth-order valence-corrected chi connectivity index (χ4v) is 2.57. The van der Waals surface area contributed by atoms with Gasteiger partial charge in [-0.05, 0) is 23.8 Å². The summed E-state index contributed by atoms with van der Waals surface area (Å²) in [6, 6.07) is 11.6. The smallest absolute Gasteiger partial charge is 0.336 e. The van der Waals surface area contributed by atoms with Crippen LogP contribution in [0.4, 0.5) is 0 Å². The van der Waals surface area contributed by atoms with Crippen molar-refractivity contribution in [1.29, 1.82) is 0 Å².